The van der Waals surface area contributed by atoms with E-state index in [9.17, 15) is 13.2 Å². The highest BCUT2D eigenvalue weighted by Crippen LogP contribution is 2.29. The van der Waals surface area contributed by atoms with Crippen LogP contribution in [-0.2, 0) is 14.8 Å². The van der Waals surface area contributed by atoms with Crippen molar-refractivity contribution >= 4 is 21.5 Å². The van der Waals surface area contributed by atoms with E-state index >= 15 is 0 Å². The smallest absolute Gasteiger partial charge is 0.237 e. The summed E-state index contributed by atoms with van der Waals surface area (Å²) in [7, 11) is -3.46. The Morgan fingerprint density at radius 3 is 2.70 bits per heavy atom. The number of carbonyl (C=O) groups excluding carboxylic acids is 1. The fraction of sp³-hybridized carbons (Fsp3) is 0.500. The number of benzene rings is 1. The van der Waals surface area contributed by atoms with Crippen molar-refractivity contribution in [3.63, 3.8) is 0 Å². The molecule has 1 heterocycles. The number of hydrogen-bond acceptors (Lipinski definition) is 4. The number of carbonyl (C=O) groups is 1. The zero-order valence-electron chi connectivity index (χ0n) is 11.7. The first-order valence-corrected chi connectivity index (χ1v) is 8.27. The summed E-state index contributed by atoms with van der Waals surface area (Å²) < 4.78 is 31.4. The highest BCUT2D eigenvalue weighted by Gasteiger charge is 2.30. The fourth-order valence-corrected chi connectivity index (χ4v) is 3.53. The van der Waals surface area contributed by atoms with Gasteiger partial charge in [-0.15, -0.1) is 0 Å². The SMILES string of the molecule is CC(C)OCCS(=O)(=O)N1CCC(=O)c2ccccc21. The lowest BCUT2D eigenvalue weighted by molar-refractivity contribution is 0.0912. The van der Waals surface area contributed by atoms with Crippen LogP contribution in [0.1, 0.15) is 30.6 Å². The van der Waals surface area contributed by atoms with E-state index in [0.717, 1.165) is 0 Å². The van der Waals surface area contributed by atoms with Gasteiger partial charge in [-0.05, 0) is 26.0 Å². The van der Waals surface area contributed by atoms with Gasteiger partial charge in [0.05, 0.1) is 24.2 Å². The quantitative estimate of drug-likeness (QED) is 0.832. The maximum absolute atomic E-state index is 12.4. The van der Waals surface area contributed by atoms with Gasteiger partial charge < -0.3 is 4.74 Å². The Bertz CT molecular complexity index is 595. The zero-order valence-corrected chi connectivity index (χ0v) is 12.5. The van der Waals surface area contributed by atoms with Crippen molar-refractivity contribution in [2.24, 2.45) is 0 Å². The van der Waals surface area contributed by atoms with E-state index in [-0.39, 0.29) is 37.2 Å². The summed E-state index contributed by atoms with van der Waals surface area (Å²) in [6, 6.07) is 6.83. The Morgan fingerprint density at radius 1 is 1.30 bits per heavy atom. The van der Waals surface area contributed by atoms with Crippen molar-refractivity contribution in [2.45, 2.75) is 26.4 Å². The Hall–Kier alpha value is -1.40. The highest BCUT2D eigenvalue weighted by molar-refractivity contribution is 7.92. The molecule has 0 bridgehead atoms. The first-order valence-electron chi connectivity index (χ1n) is 6.66. The number of nitrogens with zero attached hydrogens (tertiary/aromatic N) is 1. The lowest BCUT2D eigenvalue weighted by Gasteiger charge is -2.29. The Balaban J connectivity index is 2.21. The molecule has 6 heteroatoms. The summed E-state index contributed by atoms with van der Waals surface area (Å²) in [5.74, 6) is -0.0845. The van der Waals surface area contributed by atoms with Crippen LogP contribution in [0.25, 0.3) is 0 Å². The number of ether oxygens (including phenoxy) is 1. The van der Waals surface area contributed by atoms with Crippen LogP contribution in [0.15, 0.2) is 24.3 Å². The minimum absolute atomic E-state index is 0.000389. The molecule has 5 nitrogen and oxygen atoms in total. The van der Waals surface area contributed by atoms with E-state index in [1.807, 2.05) is 13.8 Å². The van der Waals surface area contributed by atoms with Crippen LogP contribution in [-0.4, -0.2) is 39.2 Å². The standard InChI is InChI=1S/C14H19NO4S/c1-11(2)19-9-10-20(17,18)15-8-7-14(16)12-5-3-4-6-13(12)15/h3-6,11H,7-10H2,1-2H3. The van der Waals surface area contributed by atoms with Gasteiger partial charge in [-0.25, -0.2) is 8.42 Å². The van der Waals surface area contributed by atoms with Crippen LogP contribution in [0.3, 0.4) is 0 Å². The molecule has 1 aromatic carbocycles. The Labute approximate surface area is 119 Å². The summed E-state index contributed by atoms with van der Waals surface area (Å²) in [5.41, 5.74) is 0.959. The van der Waals surface area contributed by atoms with Crippen LogP contribution in [0.5, 0.6) is 0 Å². The molecular weight excluding hydrogens is 278 g/mol. The van der Waals surface area contributed by atoms with E-state index in [0.29, 0.717) is 11.3 Å². The molecule has 20 heavy (non-hydrogen) atoms. The molecule has 0 atom stereocenters. The van der Waals surface area contributed by atoms with E-state index in [4.69, 9.17) is 4.74 Å². The molecule has 1 aliphatic heterocycles. The molecule has 0 saturated carbocycles. The highest BCUT2D eigenvalue weighted by atomic mass is 32.2. The first-order chi connectivity index (χ1) is 9.42. The van der Waals surface area contributed by atoms with Crippen molar-refractivity contribution < 1.29 is 17.9 Å². The van der Waals surface area contributed by atoms with Crippen molar-refractivity contribution in [3.8, 4) is 0 Å². The molecule has 0 fully saturated rings. The minimum atomic E-state index is -3.46. The van der Waals surface area contributed by atoms with Gasteiger partial charge in [-0.1, -0.05) is 12.1 Å². The van der Waals surface area contributed by atoms with Crippen LogP contribution >= 0.6 is 0 Å². The Morgan fingerprint density at radius 2 is 2.00 bits per heavy atom. The molecule has 0 unspecified atom stereocenters. The molecule has 0 spiro atoms. The summed E-state index contributed by atoms with van der Waals surface area (Å²) in [6.07, 6.45) is 0.224. The first kappa shape index (κ1) is 15.0. The van der Waals surface area contributed by atoms with Crippen LogP contribution < -0.4 is 4.31 Å². The van der Waals surface area contributed by atoms with Gasteiger partial charge in [-0.2, -0.15) is 0 Å². The van der Waals surface area contributed by atoms with Crippen molar-refractivity contribution in [1.82, 2.24) is 0 Å². The molecule has 0 radical (unpaired) electrons. The van der Waals surface area contributed by atoms with Crippen LogP contribution in [0.2, 0.25) is 0 Å². The predicted molar refractivity (Wildman–Crippen MR) is 77.6 cm³/mol. The van der Waals surface area contributed by atoms with E-state index in [2.05, 4.69) is 0 Å². The van der Waals surface area contributed by atoms with E-state index in [1.54, 1.807) is 24.3 Å². The van der Waals surface area contributed by atoms with Gasteiger partial charge in [0.2, 0.25) is 10.0 Å². The maximum Gasteiger partial charge on any atom is 0.237 e. The number of para-hydroxylation sites is 1. The number of sulfonamides is 1. The molecule has 0 N–H and O–H groups in total. The lowest BCUT2D eigenvalue weighted by Crippen LogP contribution is -2.39. The Kier molecular flexibility index (Phi) is 4.45. The van der Waals surface area contributed by atoms with Gasteiger partial charge in [0.25, 0.3) is 0 Å². The minimum Gasteiger partial charge on any atom is -0.378 e. The average Bonchev–Trinajstić information content (AvgIpc) is 2.38. The van der Waals surface area contributed by atoms with Gasteiger partial charge in [0.15, 0.2) is 5.78 Å². The number of rotatable bonds is 5. The van der Waals surface area contributed by atoms with Gasteiger partial charge in [-0.3, -0.25) is 9.10 Å². The van der Waals surface area contributed by atoms with Gasteiger partial charge in [0, 0.05) is 18.5 Å². The summed E-state index contributed by atoms with van der Waals surface area (Å²) >= 11 is 0. The monoisotopic (exact) mass is 297 g/mol. The van der Waals surface area contributed by atoms with Gasteiger partial charge >= 0.3 is 0 Å². The van der Waals surface area contributed by atoms with Crippen molar-refractivity contribution in [2.75, 3.05) is 23.2 Å². The van der Waals surface area contributed by atoms with Crippen LogP contribution in [0.4, 0.5) is 5.69 Å². The van der Waals surface area contributed by atoms with Crippen molar-refractivity contribution in [1.29, 1.82) is 0 Å². The summed E-state index contributed by atoms with van der Waals surface area (Å²) in [5, 5.41) is 0. The molecule has 0 saturated heterocycles. The zero-order chi connectivity index (χ0) is 14.8. The van der Waals surface area contributed by atoms with E-state index < -0.39 is 10.0 Å². The number of fused-ring (bicyclic) bond motifs is 1. The molecule has 110 valence electrons. The maximum atomic E-state index is 12.4. The lowest BCUT2D eigenvalue weighted by atomic mass is 10.0. The van der Waals surface area contributed by atoms with Gasteiger partial charge in [0.1, 0.15) is 0 Å². The largest absolute Gasteiger partial charge is 0.378 e. The number of hydrogen-bond donors (Lipinski definition) is 0. The second kappa shape index (κ2) is 5.93. The third kappa shape index (κ3) is 3.19. The van der Waals surface area contributed by atoms with Crippen LogP contribution in [0, 0.1) is 0 Å². The molecule has 0 amide bonds. The molecule has 0 aromatic heterocycles. The van der Waals surface area contributed by atoms with Crippen molar-refractivity contribution in [3.05, 3.63) is 29.8 Å². The second-order valence-corrected chi connectivity index (χ2v) is 7.01. The summed E-state index contributed by atoms with van der Waals surface area (Å²) in [4.78, 5) is 11.8. The molecule has 0 aliphatic carbocycles. The molecule has 1 aliphatic rings. The average molecular weight is 297 g/mol. The topological polar surface area (TPSA) is 63.7 Å². The molecule has 2 rings (SSSR count). The third-order valence-electron chi connectivity index (χ3n) is 3.14. The summed E-state index contributed by atoms with van der Waals surface area (Å²) in [6.45, 7) is 4.09. The molecule has 1 aromatic rings. The second-order valence-electron chi connectivity index (χ2n) is 5.00. The number of Topliss-reactive ketones (excluding diaryl/α,β-unsaturated/α-hetero) is 1. The predicted octanol–water partition coefficient (Wildman–Crippen LogP) is 1.83. The normalized spacial score (nSPS) is 15.6. The fourth-order valence-electron chi connectivity index (χ4n) is 2.17. The number of ketones is 1. The number of anilines is 1. The molecular formula is C14H19NO4S. The van der Waals surface area contributed by atoms with E-state index in [1.165, 1.54) is 4.31 Å². The third-order valence-corrected chi connectivity index (χ3v) is 4.88.